The summed E-state index contributed by atoms with van der Waals surface area (Å²) < 4.78 is 11.8. The van der Waals surface area contributed by atoms with E-state index in [-0.39, 0.29) is 11.7 Å². The van der Waals surface area contributed by atoms with E-state index in [0.717, 1.165) is 74.2 Å². The molecule has 0 saturated carbocycles. The van der Waals surface area contributed by atoms with Crippen LogP contribution in [0.25, 0.3) is 6.08 Å². The minimum absolute atomic E-state index is 0.0106. The number of amidine groups is 1. The summed E-state index contributed by atoms with van der Waals surface area (Å²) in [6, 6.07) is 15.3. The standard InChI is InChI=1S/C34H45N5O4/c1-3-5-7-22-42-30-24-26(25-31(33(30)41)43-23-8-6-4-2)11-16-32(40)39-20-18-38(19-21-39)28-14-12-27(13-15-28)37-34(35)29-10-9-17-36-29/h9-17,24-25,36,41H,3-8,18-23H2,1-2H3,(H2,35,37)/b16-11+. The zero-order valence-corrected chi connectivity index (χ0v) is 25.4. The van der Waals surface area contributed by atoms with E-state index in [1.54, 1.807) is 24.3 Å². The van der Waals surface area contributed by atoms with Gasteiger partial charge < -0.3 is 35.1 Å². The van der Waals surface area contributed by atoms with Gasteiger partial charge in [-0.1, -0.05) is 39.5 Å². The highest BCUT2D eigenvalue weighted by Gasteiger charge is 2.20. The Labute approximate surface area is 255 Å². The van der Waals surface area contributed by atoms with E-state index < -0.39 is 0 Å². The molecule has 2 aromatic carbocycles. The van der Waals surface area contributed by atoms with Crippen molar-refractivity contribution in [1.29, 1.82) is 0 Å². The van der Waals surface area contributed by atoms with Crippen molar-refractivity contribution in [3.05, 3.63) is 72.1 Å². The molecule has 0 unspecified atom stereocenters. The molecular weight excluding hydrogens is 542 g/mol. The number of nitrogens with zero attached hydrogens (tertiary/aromatic N) is 3. The Morgan fingerprint density at radius 1 is 0.953 bits per heavy atom. The quantitative estimate of drug-likeness (QED) is 0.0837. The second-order valence-corrected chi connectivity index (χ2v) is 10.7. The first-order valence-corrected chi connectivity index (χ1v) is 15.4. The maximum absolute atomic E-state index is 13.1. The summed E-state index contributed by atoms with van der Waals surface area (Å²) in [5.74, 6) is 1.17. The molecule has 2 heterocycles. The zero-order chi connectivity index (χ0) is 30.4. The maximum Gasteiger partial charge on any atom is 0.246 e. The summed E-state index contributed by atoms with van der Waals surface area (Å²) in [6.45, 7) is 8.02. The van der Waals surface area contributed by atoms with Crippen LogP contribution in [0.4, 0.5) is 11.4 Å². The summed E-state index contributed by atoms with van der Waals surface area (Å²) in [5, 5.41) is 10.8. The highest BCUT2D eigenvalue weighted by Crippen LogP contribution is 2.38. The Bertz CT molecular complexity index is 1310. The smallest absolute Gasteiger partial charge is 0.246 e. The van der Waals surface area contributed by atoms with Crippen molar-refractivity contribution in [3.8, 4) is 17.2 Å². The Balaban J connectivity index is 1.34. The molecule has 1 aromatic heterocycles. The van der Waals surface area contributed by atoms with Gasteiger partial charge in [0.2, 0.25) is 11.7 Å². The van der Waals surface area contributed by atoms with Gasteiger partial charge in [0.25, 0.3) is 0 Å². The number of phenolic OH excluding ortho intramolecular Hbond substituents is 1. The van der Waals surface area contributed by atoms with Gasteiger partial charge >= 0.3 is 0 Å². The number of benzene rings is 2. The highest BCUT2D eigenvalue weighted by atomic mass is 16.5. The second-order valence-electron chi connectivity index (χ2n) is 10.7. The van der Waals surface area contributed by atoms with E-state index in [2.05, 4.69) is 28.7 Å². The van der Waals surface area contributed by atoms with Crippen LogP contribution in [0.2, 0.25) is 0 Å². The van der Waals surface area contributed by atoms with Crippen molar-refractivity contribution in [2.24, 2.45) is 10.7 Å². The number of nitrogens with two attached hydrogens (primary N) is 1. The number of amides is 1. The molecule has 43 heavy (non-hydrogen) atoms. The number of anilines is 1. The van der Waals surface area contributed by atoms with Crippen LogP contribution in [-0.4, -0.2) is 66.1 Å². The molecule has 0 aliphatic carbocycles. The van der Waals surface area contributed by atoms with E-state index in [4.69, 9.17) is 15.2 Å². The molecule has 1 fully saturated rings. The molecule has 3 aromatic rings. The third kappa shape index (κ3) is 9.30. The summed E-state index contributed by atoms with van der Waals surface area (Å²) in [5.41, 5.74) is 9.49. The molecule has 1 amide bonds. The summed E-state index contributed by atoms with van der Waals surface area (Å²) in [7, 11) is 0. The van der Waals surface area contributed by atoms with Crippen LogP contribution in [0.5, 0.6) is 17.2 Å². The van der Waals surface area contributed by atoms with Gasteiger partial charge in [0.15, 0.2) is 11.5 Å². The Hall–Kier alpha value is -4.40. The van der Waals surface area contributed by atoms with E-state index in [9.17, 15) is 9.90 Å². The van der Waals surface area contributed by atoms with Crippen LogP contribution in [0, 0.1) is 0 Å². The Morgan fingerprint density at radius 3 is 2.14 bits per heavy atom. The molecular formula is C34H45N5O4. The number of unbranched alkanes of at least 4 members (excludes halogenated alkanes) is 4. The molecule has 9 nitrogen and oxygen atoms in total. The summed E-state index contributed by atoms with van der Waals surface area (Å²) in [4.78, 5) is 24.7. The van der Waals surface area contributed by atoms with Crippen LogP contribution in [0.1, 0.15) is 63.6 Å². The lowest BCUT2D eigenvalue weighted by Crippen LogP contribution is -2.48. The average Bonchev–Trinajstić information content (AvgIpc) is 3.58. The number of hydrogen-bond donors (Lipinski definition) is 3. The third-order valence-electron chi connectivity index (χ3n) is 7.42. The van der Waals surface area contributed by atoms with Crippen LogP contribution >= 0.6 is 0 Å². The molecule has 4 N–H and O–H groups in total. The molecule has 0 spiro atoms. The fraction of sp³-hybridized carbons (Fsp3) is 0.412. The first-order chi connectivity index (χ1) is 21.0. The molecule has 1 aliphatic heterocycles. The van der Waals surface area contributed by atoms with E-state index in [0.29, 0.717) is 43.6 Å². The van der Waals surface area contributed by atoms with Crippen molar-refractivity contribution in [2.45, 2.75) is 52.4 Å². The first kappa shape index (κ1) is 31.5. The van der Waals surface area contributed by atoms with Gasteiger partial charge in [0.05, 0.1) is 24.6 Å². The summed E-state index contributed by atoms with van der Waals surface area (Å²) in [6.07, 6.45) is 11.3. The van der Waals surface area contributed by atoms with Crippen molar-refractivity contribution in [1.82, 2.24) is 9.88 Å². The molecule has 1 aliphatic rings. The lowest BCUT2D eigenvalue weighted by atomic mass is 10.1. The molecule has 0 atom stereocenters. The van der Waals surface area contributed by atoms with Crippen LogP contribution in [-0.2, 0) is 4.79 Å². The van der Waals surface area contributed by atoms with Gasteiger partial charge in [-0.05, 0) is 73.0 Å². The topological polar surface area (TPSA) is 116 Å². The first-order valence-electron chi connectivity index (χ1n) is 15.4. The number of aromatic amines is 1. The largest absolute Gasteiger partial charge is 0.502 e. The van der Waals surface area contributed by atoms with Gasteiger partial charge in [-0.2, -0.15) is 0 Å². The number of piperazine rings is 1. The zero-order valence-electron chi connectivity index (χ0n) is 25.4. The number of nitrogens with one attached hydrogen (secondary N) is 1. The lowest BCUT2D eigenvalue weighted by Gasteiger charge is -2.35. The van der Waals surface area contributed by atoms with Crippen LogP contribution in [0.15, 0.2) is 65.8 Å². The fourth-order valence-electron chi connectivity index (χ4n) is 4.87. The SMILES string of the molecule is CCCCCOc1cc(/C=C/C(=O)N2CCN(c3ccc(N=C(N)c4ccc[nH]4)cc3)CC2)cc(OCCCCC)c1O. The van der Waals surface area contributed by atoms with Crippen LogP contribution in [0.3, 0.4) is 0 Å². The lowest BCUT2D eigenvalue weighted by molar-refractivity contribution is -0.126. The molecule has 0 bridgehead atoms. The monoisotopic (exact) mass is 587 g/mol. The van der Waals surface area contributed by atoms with Gasteiger partial charge in [-0.25, -0.2) is 4.99 Å². The van der Waals surface area contributed by atoms with Crippen molar-refractivity contribution in [2.75, 3.05) is 44.3 Å². The third-order valence-corrected chi connectivity index (χ3v) is 7.42. The number of phenols is 1. The van der Waals surface area contributed by atoms with Gasteiger partial charge in [0, 0.05) is 44.1 Å². The number of carbonyl (C=O) groups is 1. The van der Waals surface area contributed by atoms with Crippen molar-refractivity contribution in [3.63, 3.8) is 0 Å². The Kier molecular flexibility index (Phi) is 11.9. The van der Waals surface area contributed by atoms with Crippen molar-refractivity contribution >= 4 is 29.2 Å². The number of aliphatic imine (C=N–C) groups is 1. The fourth-order valence-corrected chi connectivity index (χ4v) is 4.87. The molecule has 1 saturated heterocycles. The van der Waals surface area contributed by atoms with Crippen molar-refractivity contribution < 1.29 is 19.4 Å². The number of hydrogen-bond acceptors (Lipinski definition) is 6. The number of H-pyrrole nitrogens is 1. The number of carbonyl (C=O) groups excluding carboxylic acids is 1. The Morgan fingerprint density at radius 2 is 1.58 bits per heavy atom. The van der Waals surface area contributed by atoms with Crippen LogP contribution < -0.4 is 20.1 Å². The average molecular weight is 588 g/mol. The van der Waals surface area contributed by atoms with E-state index in [1.807, 2.05) is 47.5 Å². The number of ether oxygens (including phenoxy) is 2. The predicted octanol–water partition coefficient (Wildman–Crippen LogP) is 6.26. The molecule has 4 rings (SSSR count). The molecule has 0 radical (unpaired) electrons. The highest BCUT2D eigenvalue weighted by molar-refractivity contribution is 5.97. The number of aromatic nitrogens is 1. The summed E-state index contributed by atoms with van der Waals surface area (Å²) >= 11 is 0. The minimum Gasteiger partial charge on any atom is -0.502 e. The van der Waals surface area contributed by atoms with Gasteiger partial charge in [-0.15, -0.1) is 0 Å². The van der Waals surface area contributed by atoms with Gasteiger partial charge in [-0.3, -0.25) is 4.79 Å². The predicted molar refractivity (Wildman–Crippen MR) is 174 cm³/mol. The van der Waals surface area contributed by atoms with E-state index >= 15 is 0 Å². The number of aromatic hydroxyl groups is 1. The van der Waals surface area contributed by atoms with Gasteiger partial charge in [0.1, 0.15) is 5.84 Å². The second kappa shape index (κ2) is 16.3. The minimum atomic E-state index is -0.0481. The molecule has 230 valence electrons. The normalized spacial score (nSPS) is 14.0. The van der Waals surface area contributed by atoms with E-state index in [1.165, 1.54) is 0 Å². The maximum atomic E-state index is 13.1. The molecule has 9 heteroatoms. The number of rotatable bonds is 15.